The molecular weight excluding hydrogens is 208 g/mol. The van der Waals surface area contributed by atoms with E-state index in [-0.39, 0.29) is 6.10 Å². The van der Waals surface area contributed by atoms with E-state index in [1.807, 2.05) is 6.20 Å². The number of nitrogens with one attached hydrogen (secondary N) is 1. The summed E-state index contributed by atoms with van der Waals surface area (Å²) in [6.07, 6.45) is 4.02. The lowest BCUT2D eigenvalue weighted by Crippen LogP contribution is -2.17. The molecule has 1 rings (SSSR count). The fourth-order valence-corrected chi connectivity index (χ4v) is 2.13. The van der Waals surface area contributed by atoms with Crippen molar-refractivity contribution in [3.05, 3.63) is 12.0 Å². The van der Waals surface area contributed by atoms with Gasteiger partial charge in [-0.25, -0.2) is 4.98 Å². The molecule has 0 radical (unpaired) electrons. The maximum Gasteiger partial charge on any atom is 0.213 e. The molecule has 0 aliphatic rings. The molecule has 0 fully saturated rings. The van der Waals surface area contributed by atoms with E-state index in [1.165, 1.54) is 0 Å². The van der Waals surface area contributed by atoms with E-state index >= 15 is 0 Å². The van der Waals surface area contributed by atoms with Gasteiger partial charge < -0.3 is 14.1 Å². The van der Waals surface area contributed by atoms with Crippen LogP contribution < -0.4 is 5.32 Å². The van der Waals surface area contributed by atoms with E-state index in [0.717, 1.165) is 30.6 Å². The van der Waals surface area contributed by atoms with Crippen molar-refractivity contribution >= 4 is 15.1 Å². The molecule has 0 aliphatic carbocycles. The van der Waals surface area contributed by atoms with E-state index in [0.29, 0.717) is 0 Å². The van der Waals surface area contributed by atoms with Crippen LogP contribution in [0, 0.1) is 0 Å². The van der Waals surface area contributed by atoms with Gasteiger partial charge in [0, 0.05) is 19.9 Å². The Morgan fingerprint density at radius 1 is 1.53 bits per heavy atom. The van der Waals surface area contributed by atoms with Gasteiger partial charge in [-0.2, -0.15) is 0 Å². The van der Waals surface area contributed by atoms with Crippen molar-refractivity contribution in [3.8, 4) is 0 Å². The minimum atomic E-state index is -0.637. The van der Waals surface area contributed by atoms with Crippen molar-refractivity contribution in [2.24, 2.45) is 0 Å². The van der Waals surface area contributed by atoms with E-state index in [1.54, 1.807) is 7.11 Å². The molecule has 86 valence electrons. The van der Waals surface area contributed by atoms with Crippen LogP contribution in [0.1, 0.15) is 38.6 Å². The lowest BCUT2D eigenvalue weighted by atomic mass is 10.2. The maximum atomic E-state index is 5.70. The van der Waals surface area contributed by atoms with Crippen molar-refractivity contribution < 1.29 is 9.16 Å². The molecule has 0 aromatic carbocycles. The molecule has 5 heteroatoms. The fourth-order valence-electron chi connectivity index (χ4n) is 1.41. The quantitative estimate of drug-likeness (QED) is 0.697. The smallest absolute Gasteiger partial charge is 0.213 e. The van der Waals surface area contributed by atoms with Gasteiger partial charge in [-0.1, -0.05) is 13.8 Å². The summed E-state index contributed by atoms with van der Waals surface area (Å²) in [6.45, 7) is 5.00. The van der Waals surface area contributed by atoms with Crippen LogP contribution in [0.5, 0.6) is 0 Å². The first-order chi connectivity index (χ1) is 7.31. The molecular formula is C10H20N2O2Si. The van der Waals surface area contributed by atoms with Gasteiger partial charge in [0.05, 0.1) is 5.32 Å². The van der Waals surface area contributed by atoms with Crippen LogP contribution in [0.25, 0.3) is 0 Å². The van der Waals surface area contributed by atoms with Crippen LogP contribution in [0.4, 0.5) is 0 Å². The number of ether oxygens (including phenoxy) is 1. The van der Waals surface area contributed by atoms with Gasteiger partial charge in [-0.05, 0) is 12.8 Å². The molecule has 1 heterocycles. The summed E-state index contributed by atoms with van der Waals surface area (Å²) < 4.78 is 10.9. The predicted octanol–water partition coefficient (Wildman–Crippen LogP) is 0.643. The summed E-state index contributed by atoms with van der Waals surface area (Å²) >= 11 is 0. The van der Waals surface area contributed by atoms with Crippen molar-refractivity contribution in [1.29, 1.82) is 0 Å². The Bertz CT molecular complexity index is 278. The Balaban J connectivity index is 2.57. The SMILES string of the molecule is CCCOC(CC)c1nc([SiH2]OC)c[nH]1. The van der Waals surface area contributed by atoms with Gasteiger partial charge in [0.15, 0.2) is 0 Å². The highest BCUT2D eigenvalue weighted by atomic mass is 28.2. The lowest BCUT2D eigenvalue weighted by molar-refractivity contribution is 0.0450. The van der Waals surface area contributed by atoms with Crippen LogP contribution in [0.15, 0.2) is 6.20 Å². The number of imidazole rings is 1. The summed E-state index contributed by atoms with van der Waals surface area (Å²) in [5, 5.41) is 1.06. The van der Waals surface area contributed by atoms with Gasteiger partial charge in [-0.15, -0.1) is 0 Å². The molecule has 0 saturated heterocycles. The Morgan fingerprint density at radius 2 is 2.33 bits per heavy atom. The van der Waals surface area contributed by atoms with Crippen LogP contribution in [0.3, 0.4) is 0 Å². The average molecular weight is 228 g/mol. The third kappa shape index (κ3) is 3.77. The predicted molar refractivity (Wildman–Crippen MR) is 63.0 cm³/mol. The van der Waals surface area contributed by atoms with Crippen LogP contribution >= 0.6 is 0 Å². The van der Waals surface area contributed by atoms with E-state index < -0.39 is 9.76 Å². The summed E-state index contributed by atoms with van der Waals surface area (Å²) in [5.74, 6) is 0.936. The standard InChI is InChI=1S/C10H20N2O2Si/c1-4-6-14-8(5-2)10-11-7-9(12-10)15-13-3/h7-8H,4-6,15H2,1-3H3,(H,11,12). The number of hydrogen-bond donors (Lipinski definition) is 1. The van der Waals surface area contributed by atoms with Gasteiger partial charge >= 0.3 is 0 Å². The summed E-state index contributed by atoms with van der Waals surface area (Å²) in [5.41, 5.74) is 0. The zero-order chi connectivity index (χ0) is 11.1. The summed E-state index contributed by atoms with van der Waals surface area (Å²) in [6, 6.07) is 0. The summed E-state index contributed by atoms with van der Waals surface area (Å²) in [7, 11) is 1.09. The molecule has 1 N–H and O–H groups in total. The fraction of sp³-hybridized carbons (Fsp3) is 0.700. The number of nitrogens with zero attached hydrogens (tertiary/aromatic N) is 1. The van der Waals surface area contributed by atoms with Gasteiger partial charge in [0.25, 0.3) is 0 Å². The minimum absolute atomic E-state index is 0.101. The molecule has 1 unspecified atom stereocenters. The molecule has 0 aliphatic heterocycles. The highest BCUT2D eigenvalue weighted by Gasteiger charge is 2.13. The summed E-state index contributed by atoms with van der Waals surface area (Å²) in [4.78, 5) is 7.65. The largest absolute Gasteiger partial charge is 0.420 e. The Labute approximate surface area is 93.3 Å². The van der Waals surface area contributed by atoms with Crippen LogP contribution in [0.2, 0.25) is 0 Å². The lowest BCUT2D eigenvalue weighted by Gasteiger charge is -2.12. The number of aromatic amines is 1. The third-order valence-corrected chi connectivity index (χ3v) is 3.09. The topological polar surface area (TPSA) is 47.1 Å². The number of hydrogen-bond acceptors (Lipinski definition) is 3. The van der Waals surface area contributed by atoms with Crippen molar-refractivity contribution in [2.45, 2.75) is 32.8 Å². The third-order valence-electron chi connectivity index (χ3n) is 2.14. The Kier molecular flexibility index (Phi) is 5.60. The second-order valence-electron chi connectivity index (χ2n) is 3.48. The molecule has 0 saturated carbocycles. The molecule has 1 aromatic rings. The first-order valence-corrected chi connectivity index (χ1v) is 6.75. The second-order valence-corrected chi connectivity index (χ2v) is 5.07. The zero-order valence-electron chi connectivity index (χ0n) is 9.75. The molecule has 0 spiro atoms. The van der Waals surface area contributed by atoms with Gasteiger partial charge in [0.2, 0.25) is 9.76 Å². The number of aromatic nitrogens is 2. The monoisotopic (exact) mass is 228 g/mol. The van der Waals surface area contributed by atoms with Crippen molar-refractivity contribution in [3.63, 3.8) is 0 Å². The van der Waals surface area contributed by atoms with Crippen molar-refractivity contribution in [2.75, 3.05) is 13.7 Å². The Hall–Kier alpha value is -0.653. The van der Waals surface area contributed by atoms with Crippen molar-refractivity contribution in [1.82, 2.24) is 9.97 Å². The maximum absolute atomic E-state index is 5.70. The molecule has 0 bridgehead atoms. The molecule has 4 nitrogen and oxygen atoms in total. The van der Waals surface area contributed by atoms with E-state index in [9.17, 15) is 0 Å². The molecule has 1 atom stereocenters. The highest BCUT2D eigenvalue weighted by molar-refractivity contribution is 6.45. The number of rotatable bonds is 7. The van der Waals surface area contributed by atoms with Crippen LogP contribution in [-0.2, 0) is 9.16 Å². The first-order valence-electron chi connectivity index (χ1n) is 5.46. The van der Waals surface area contributed by atoms with Crippen LogP contribution in [-0.4, -0.2) is 33.4 Å². The number of H-pyrrole nitrogens is 1. The molecule has 0 amide bonds. The minimum Gasteiger partial charge on any atom is -0.420 e. The second kappa shape index (κ2) is 6.76. The van der Waals surface area contributed by atoms with Gasteiger partial charge in [-0.3, -0.25) is 0 Å². The van der Waals surface area contributed by atoms with E-state index in [2.05, 4.69) is 23.8 Å². The zero-order valence-corrected chi connectivity index (χ0v) is 11.2. The Morgan fingerprint density at radius 3 is 2.93 bits per heavy atom. The van der Waals surface area contributed by atoms with Gasteiger partial charge in [0.1, 0.15) is 11.9 Å². The highest BCUT2D eigenvalue weighted by Crippen LogP contribution is 2.16. The average Bonchev–Trinajstić information content (AvgIpc) is 2.68. The first kappa shape index (κ1) is 12.4. The van der Waals surface area contributed by atoms with E-state index in [4.69, 9.17) is 9.16 Å². The molecule has 15 heavy (non-hydrogen) atoms. The normalized spacial score (nSPS) is 13.8. The molecule has 1 aromatic heterocycles.